The van der Waals surface area contributed by atoms with E-state index in [0.29, 0.717) is 10.8 Å². The highest BCUT2D eigenvalue weighted by Gasteiger charge is 2.44. The standard InChI is InChI=1S/C22H32N2O12S/c1-22(21(30)31)11-37-19(24-22)15-13(26)8-12(9-23-15)34-6-4-32-2-3-33-5-7-35-20-18(29)17(28)16(27)14(10-25)36-20/h8-9,14,16-18,20,25-29H,2-7,10-11H2,1H3,(H,30,31)/p-1/t14?,16-,17-,18?,20-,22-/m1/s1. The van der Waals surface area contributed by atoms with Gasteiger partial charge in [-0.15, -0.1) is 11.8 Å². The summed E-state index contributed by atoms with van der Waals surface area (Å²) in [6.07, 6.45) is -5.26. The summed E-state index contributed by atoms with van der Waals surface area (Å²) in [5.41, 5.74) is -1.19. The van der Waals surface area contributed by atoms with Crippen molar-refractivity contribution in [2.24, 2.45) is 4.99 Å². The normalized spacial score (nSPS) is 29.8. The summed E-state index contributed by atoms with van der Waals surface area (Å²) < 4.78 is 26.8. The third kappa shape index (κ3) is 7.72. The van der Waals surface area contributed by atoms with Crippen LogP contribution < -0.4 is 9.84 Å². The zero-order valence-corrected chi connectivity index (χ0v) is 20.9. The Kier molecular flexibility index (Phi) is 10.9. The molecular formula is C22H31N2O12S-. The summed E-state index contributed by atoms with van der Waals surface area (Å²) in [5.74, 6) is -0.985. The van der Waals surface area contributed by atoms with Crippen LogP contribution in [0.5, 0.6) is 11.5 Å². The number of ether oxygens (including phenoxy) is 5. The molecule has 0 aromatic carbocycles. The van der Waals surface area contributed by atoms with E-state index in [4.69, 9.17) is 28.8 Å². The number of carboxylic acids is 1. The molecule has 1 saturated heterocycles. The molecule has 14 nitrogen and oxygen atoms in total. The molecule has 2 unspecified atom stereocenters. The Hall–Kier alpha value is -2.08. The molecule has 0 spiro atoms. The molecule has 0 amide bonds. The van der Waals surface area contributed by atoms with Gasteiger partial charge in [0.25, 0.3) is 0 Å². The molecular weight excluding hydrogens is 516 g/mol. The molecule has 2 aliphatic heterocycles. The van der Waals surface area contributed by atoms with Crippen LogP contribution >= 0.6 is 11.8 Å². The predicted molar refractivity (Wildman–Crippen MR) is 125 cm³/mol. The van der Waals surface area contributed by atoms with Crippen LogP contribution in [0.2, 0.25) is 0 Å². The molecule has 1 fully saturated rings. The quantitative estimate of drug-likeness (QED) is 0.147. The highest BCUT2D eigenvalue weighted by molar-refractivity contribution is 8.14. The summed E-state index contributed by atoms with van der Waals surface area (Å²) >= 11 is 1.17. The zero-order chi connectivity index (χ0) is 27.0. The first-order valence-electron chi connectivity index (χ1n) is 11.5. The van der Waals surface area contributed by atoms with Gasteiger partial charge >= 0.3 is 0 Å². The van der Waals surface area contributed by atoms with E-state index in [1.165, 1.54) is 30.9 Å². The number of hydrogen-bond acceptors (Lipinski definition) is 15. The van der Waals surface area contributed by atoms with Gasteiger partial charge in [0.2, 0.25) is 0 Å². The van der Waals surface area contributed by atoms with E-state index in [1.54, 1.807) is 0 Å². The van der Waals surface area contributed by atoms with Crippen molar-refractivity contribution in [3.05, 3.63) is 18.0 Å². The number of aliphatic hydroxyl groups excluding tert-OH is 4. The van der Waals surface area contributed by atoms with Crippen molar-refractivity contribution in [1.82, 2.24) is 4.98 Å². The zero-order valence-electron chi connectivity index (χ0n) is 20.1. The maximum Gasteiger partial charge on any atom is 0.186 e. The van der Waals surface area contributed by atoms with Gasteiger partial charge in [-0.1, -0.05) is 0 Å². The van der Waals surface area contributed by atoms with Crippen LogP contribution in [0, 0.1) is 0 Å². The number of pyridine rings is 1. The minimum absolute atomic E-state index is 0.0374. The SMILES string of the molecule is C[C@]1(C(=O)[O-])CSC(c2ncc(OCCOCCOCCO[C@@H]3OC(CO)[C@@H](O)[C@@H](O)C3O)cc2O)=N1. The molecule has 6 atom stereocenters. The van der Waals surface area contributed by atoms with Gasteiger partial charge in [0, 0.05) is 11.8 Å². The van der Waals surface area contributed by atoms with E-state index in [1.807, 2.05) is 0 Å². The Balaban J connectivity index is 1.26. The topological polar surface area (TPSA) is 213 Å². The maximum absolute atomic E-state index is 11.2. The molecule has 0 radical (unpaired) electrons. The summed E-state index contributed by atoms with van der Waals surface area (Å²) in [6.45, 7) is 2.03. The summed E-state index contributed by atoms with van der Waals surface area (Å²) in [4.78, 5) is 19.4. The fourth-order valence-corrected chi connectivity index (χ4v) is 4.53. The lowest BCUT2D eigenvalue weighted by Gasteiger charge is -2.39. The number of rotatable bonds is 14. The lowest BCUT2D eigenvalue weighted by atomic mass is 9.99. The number of aliphatic hydroxyl groups is 4. The molecule has 15 heteroatoms. The van der Waals surface area contributed by atoms with Crippen LogP contribution in [0.15, 0.2) is 17.3 Å². The summed E-state index contributed by atoms with van der Waals surface area (Å²) in [5, 5.41) is 60.3. The van der Waals surface area contributed by atoms with Gasteiger partial charge in [0.15, 0.2) is 6.29 Å². The van der Waals surface area contributed by atoms with Crippen molar-refractivity contribution in [2.75, 3.05) is 52.0 Å². The average Bonchev–Trinajstić information content (AvgIpc) is 3.28. The number of aliphatic carboxylic acids is 1. The molecule has 37 heavy (non-hydrogen) atoms. The number of nitrogens with zero attached hydrogens (tertiary/aromatic N) is 2. The number of carbonyl (C=O) groups is 1. The van der Waals surface area contributed by atoms with Crippen molar-refractivity contribution < 1.29 is 59.1 Å². The molecule has 0 bridgehead atoms. The second-order valence-electron chi connectivity index (χ2n) is 8.45. The summed E-state index contributed by atoms with van der Waals surface area (Å²) in [6, 6.07) is 1.36. The fraction of sp³-hybridized carbons (Fsp3) is 0.682. The predicted octanol–water partition coefficient (Wildman–Crippen LogP) is -2.98. The Morgan fingerprint density at radius 1 is 1.14 bits per heavy atom. The van der Waals surface area contributed by atoms with Gasteiger partial charge in [0.05, 0.1) is 51.8 Å². The first kappa shape index (κ1) is 29.5. The second kappa shape index (κ2) is 13.6. The molecule has 5 N–H and O–H groups in total. The van der Waals surface area contributed by atoms with Crippen molar-refractivity contribution in [1.29, 1.82) is 0 Å². The molecule has 0 aliphatic carbocycles. The van der Waals surface area contributed by atoms with Gasteiger partial charge in [-0.05, 0) is 6.92 Å². The number of hydrogen-bond donors (Lipinski definition) is 5. The number of aliphatic imine (C=N–C) groups is 1. The number of thioether (sulfide) groups is 1. The third-order valence-electron chi connectivity index (χ3n) is 5.55. The third-order valence-corrected chi connectivity index (χ3v) is 6.81. The number of carbonyl (C=O) groups excluding carboxylic acids is 1. The van der Waals surface area contributed by atoms with Crippen LogP contribution in [0.3, 0.4) is 0 Å². The number of aromatic hydroxyl groups is 1. The van der Waals surface area contributed by atoms with Crippen LogP contribution in [-0.4, -0.2) is 130 Å². The van der Waals surface area contributed by atoms with Crippen molar-refractivity contribution in [3.63, 3.8) is 0 Å². The molecule has 3 heterocycles. The summed E-state index contributed by atoms with van der Waals surface area (Å²) in [7, 11) is 0. The van der Waals surface area contributed by atoms with Gasteiger partial charge in [-0.2, -0.15) is 0 Å². The lowest BCUT2D eigenvalue weighted by molar-refractivity contribution is -0.311. The highest BCUT2D eigenvalue weighted by atomic mass is 32.2. The number of aromatic nitrogens is 1. The van der Waals surface area contributed by atoms with E-state index < -0.39 is 48.8 Å². The maximum atomic E-state index is 11.2. The lowest BCUT2D eigenvalue weighted by Crippen LogP contribution is -2.59. The van der Waals surface area contributed by atoms with E-state index in [2.05, 4.69) is 9.98 Å². The van der Waals surface area contributed by atoms with Gasteiger partial charge in [0.1, 0.15) is 58.8 Å². The van der Waals surface area contributed by atoms with Gasteiger partial charge < -0.3 is 59.1 Å². The molecule has 0 saturated carbocycles. The minimum atomic E-state index is -1.50. The van der Waals surface area contributed by atoms with E-state index in [9.17, 15) is 30.3 Å². The minimum Gasteiger partial charge on any atom is -0.547 e. The van der Waals surface area contributed by atoms with Crippen LogP contribution in [-0.2, 0) is 23.7 Å². The Labute approximate surface area is 216 Å². The van der Waals surface area contributed by atoms with Crippen LogP contribution in [0.25, 0.3) is 0 Å². The molecule has 2 aliphatic rings. The Morgan fingerprint density at radius 3 is 2.43 bits per heavy atom. The fourth-order valence-electron chi connectivity index (χ4n) is 3.37. The highest BCUT2D eigenvalue weighted by Crippen LogP contribution is 2.33. The van der Waals surface area contributed by atoms with Crippen molar-refractivity contribution in [2.45, 2.75) is 43.2 Å². The van der Waals surface area contributed by atoms with E-state index in [0.717, 1.165) is 0 Å². The number of carboxylic acid groups (broad SMARTS) is 1. The Morgan fingerprint density at radius 2 is 1.81 bits per heavy atom. The van der Waals surface area contributed by atoms with Gasteiger partial charge in [-0.25, -0.2) is 4.98 Å². The van der Waals surface area contributed by atoms with E-state index >= 15 is 0 Å². The average molecular weight is 548 g/mol. The first-order valence-corrected chi connectivity index (χ1v) is 12.5. The van der Waals surface area contributed by atoms with Crippen molar-refractivity contribution >= 4 is 22.8 Å². The van der Waals surface area contributed by atoms with E-state index in [-0.39, 0.29) is 56.8 Å². The Bertz CT molecular complexity index is 935. The van der Waals surface area contributed by atoms with Crippen LogP contribution in [0.4, 0.5) is 0 Å². The molecule has 1 aromatic heterocycles. The molecule has 1 aromatic rings. The van der Waals surface area contributed by atoms with Crippen molar-refractivity contribution in [3.8, 4) is 11.5 Å². The first-order chi connectivity index (χ1) is 17.7. The van der Waals surface area contributed by atoms with Crippen LogP contribution in [0.1, 0.15) is 12.6 Å². The second-order valence-corrected chi connectivity index (χ2v) is 9.41. The largest absolute Gasteiger partial charge is 0.547 e. The molecule has 208 valence electrons. The smallest absolute Gasteiger partial charge is 0.186 e. The molecule has 3 rings (SSSR count). The van der Waals surface area contributed by atoms with Gasteiger partial charge in [-0.3, -0.25) is 4.99 Å². The monoisotopic (exact) mass is 547 g/mol.